The molecule has 1 unspecified atom stereocenters. The molecule has 2 N–H and O–H groups in total. The fourth-order valence-electron chi connectivity index (χ4n) is 7.25. The zero-order valence-corrected chi connectivity index (χ0v) is 29.0. The normalized spacial score (nSPS) is 19.2. The van der Waals surface area contributed by atoms with Crippen LogP contribution in [-0.4, -0.2) is 58.0 Å². The lowest BCUT2D eigenvalue weighted by atomic mass is 9.71. The van der Waals surface area contributed by atoms with Crippen LogP contribution >= 0.6 is 0 Å². The first kappa shape index (κ1) is 37.5. The molecular weight excluding hydrogens is 661 g/mol. The van der Waals surface area contributed by atoms with Crippen molar-refractivity contribution in [2.45, 2.75) is 77.4 Å². The smallest absolute Gasteiger partial charge is 0.419 e. The Balaban J connectivity index is 1.14. The van der Waals surface area contributed by atoms with Crippen LogP contribution in [-0.2, 0) is 33.5 Å². The van der Waals surface area contributed by atoms with Gasteiger partial charge < -0.3 is 20.1 Å². The van der Waals surface area contributed by atoms with Gasteiger partial charge in [0.25, 0.3) is 0 Å². The fourth-order valence-corrected chi connectivity index (χ4v) is 7.25. The van der Waals surface area contributed by atoms with Gasteiger partial charge in [-0.05, 0) is 78.7 Å². The van der Waals surface area contributed by atoms with Crippen LogP contribution in [0.1, 0.15) is 80.5 Å². The van der Waals surface area contributed by atoms with E-state index >= 15 is 0 Å². The summed E-state index contributed by atoms with van der Waals surface area (Å²) in [7, 11) is 1.12. The number of hydrogen-bond acceptors (Lipinski definition) is 6. The second-order valence-corrected chi connectivity index (χ2v) is 13.6. The number of rotatable bonds is 13. The van der Waals surface area contributed by atoms with Crippen molar-refractivity contribution in [3.05, 3.63) is 83.2 Å². The summed E-state index contributed by atoms with van der Waals surface area (Å²) in [6.07, 6.45) is 11.1. The quantitative estimate of drug-likeness (QED) is 0.191. The Bertz CT molecular complexity index is 1700. The number of nitrogens with one attached hydrogen (secondary N) is 1. The third kappa shape index (κ3) is 10.2. The van der Waals surface area contributed by atoms with Gasteiger partial charge in [0.05, 0.1) is 25.6 Å². The molecule has 1 aromatic heterocycles. The van der Waals surface area contributed by atoms with Crippen LogP contribution in [0.2, 0.25) is 0 Å². The molecule has 1 saturated carbocycles. The third-order valence-corrected chi connectivity index (χ3v) is 10.2. The van der Waals surface area contributed by atoms with Gasteiger partial charge in [0.1, 0.15) is 12.3 Å². The Morgan fingerprint density at radius 2 is 1.63 bits per heavy atom. The SMILES string of the molecule is CC[C@H]1CC[C@H](C2CC=C(c3cnc(-c4ccc(CN(CC(=O)O)C(=O)CNC(=O)Cc5ccc(OC)c(C(F)(F)F)c5)cc4)nc3)CC2)CC1. The molecule has 2 aliphatic carbocycles. The highest BCUT2D eigenvalue weighted by atomic mass is 19.4. The first-order chi connectivity index (χ1) is 24.4. The summed E-state index contributed by atoms with van der Waals surface area (Å²) >= 11 is 0. The van der Waals surface area contributed by atoms with E-state index in [2.05, 4.69) is 28.3 Å². The molecule has 0 bridgehead atoms. The molecule has 12 heteroatoms. The van der Waals surface area contributed by atoms with E-state index in [4.69, 9.17) is 4.74 Å². The molecule has 51 heavy (non-hydrogen) atoms. The number of carbonyl (C=O) groups excluding carboxylic acids is 2. The maximum Gasteiger partial charge on any atom is 0.419 e. The van der Waals surface area contributed by atoms with Gasteiger partial charge in [-0.15, -0.1) is 0 Å². The molecule has 2 aromatic carbocycles. The maximum absolute atomic E-state index is 13.4. The van der Waals surface area contributed by atoms with E-state index in [1.165, 1.54) is 50.2 Å². The monoisotopic (exact) mass is 706 g/mol. The summed E-state index contributed by atoms with van der Waals surface area (Å²) in [6, 6.07) is 10.4. The second-order valence-electron chi connectivity index (χ2n) is 13.6. The molecule has 0 saturated heterocycles. The maximum atomic E-state index is 13.4. The van der Waals surface area contributed by atoms with E-state index in [-0.39, 0.29) is 17.9 Å². The lowest BCUT2D eigenvalue weighted by molar-refractivity contribution is -0.144. The predicted molar refractivity (Wildman–Crippen MR) is 186 cm³/mol. The number of nitrogens with zero attached hydrogens (tertiary/aromatic N) is 3. The zero-order valence-electron chi connectivity index (χ0n) is 29.0. The number of ether oxygens (including phenoxy) is 1. The molecule has 272 valence electrons. The summed E-state index contributed by atoms with van der Waals surface area (Å²) in [4.78, 5) is 47.3. The highest BCUT2D eigenvalue weighted by Gasteiger charge is 2.34. The Labute approximate surface area is 296 Å². The summed E-state index contributed by atoms with van der Waals surface area (Å²) in [6.45, 7) is 1.14. The number of halogens is 3. The number of benzene rings is 2. The van der Waals surface area contributed by atoms with Crippen LogP contribution in [0.5, 0.6) is 5.75 Å². The van der Waals surface area contributed by atoms with Gasteiger partial charge in [-0.25, -0.2) is 9.97 Å². The van der Waals surface area contributed by atoms with Crippen molar-refractivity contribution in [3.63, 3.8) is 0 Å². The van der Waals surface area contributed by atoms with Crippen molar-refractivity contribution in [3.8, 4) is 17.1 Å². The number of alkyl halides is 3. The molecule has 2 aliphatic rings. The molecule has 9 nitrogen and oxygen atoms in total. The van der Waals surface area contributed by atoms with Crippen molar-refractivity contribution in [1.29, 1.82) is 0 Å². The number of aromatic nitrogens is 2. The molecule has 2 amide bonds. The number of carbonyl (C=O) groups is 3. The van der Waals surface area contributed by atoms with Gasteiger partial charge >= 0.3 is 12.1 Å². The first-order valence-electron chi connectivity index (χ1n) is 17.5. The Morgan fingerprint density at radius 3 is 2.22 bits per heavy atom. The van der Waals surface area contributed by atoms with Crippen LogP contribution in [0, 0.1) is 17.8 Å². The minimum Gasteiger partial charge on any atom is -0.496 e. The van der Waals surface area contributed by atoms with E-state index in [0.29, 0.717) is 11.4 Å². The predicted octanol–water partition coefficient (Wildman–Crippen LogP) is 7.34. The molecule has 1 atom stereocenters. The highest BCUT2D eigenvalue weighted by Crippen LogP contribution is 2.42. The number of carboxylic acids is 1. The van der Waals surface area contributed by atoms with Crippen molar-refractivity contribution in [1.82, 2.24) is 20.2 Å². The van der Waals surface area contributed by atoms with Gasteiger partial charge in [-0.1, -0.05) is 62.6 Å². The number of amides is 2. The number of allylic oxidation sites excluding steroid dienone is 2. The summed E-state index contributed by atoms with van der Waals surface area (Å²) in [5.74, 6) is 0.119. The summed E-state index contributed by atoms with van der Waals surface area (Å²) in [5, 5.41) is 11.8. The van der Waals surface area contributed by atoms with Crippen LogP contribution in [0.15, 0.2) is 60.9 Å². The lowest BCUT2D eigenvalue weighted by Crippen LogP contribution is -2.42. The van der Waals surface area contributed by atoms with Crippen molar-refractivity contribution in [2.75, 3.05) is 20.2 Å². The van der Waals surface area contributed by atoms with E-state index in [9.17, 15) is 32.7 Å². The Kier molecular flexibility index (Phi) is 12.5. The highest BCUT2D eigenvalue weighted by molar-refractivity contribution is 5.87. The first-order valence-corrected chi connectivity index (χ1v) is 17.5. The summed E-state index contributed by atoms with van der Waals surface area (Å²) < 4.78 is 44.8. The van der Waals surface area contributed by atoms with E-state index in [1.54, 1.807) is 24.3 Å². The average Bonchev–Trinajstić information content (AvgIpc) is 3.13. The van der Waals surface area contributed by atoms with Crippen LogP contribution in [0.3, 0.4) is 0 Å². The van der Waals surface area contributed by atoms with E-state index in [1.807, 2.05) is 12.4 Å². The fraction of sp³-hybridized carbons (Fsp3) is 0.462. The van der Waals surface area contributed by atoms with Gasteiger partial charge in [-0.2, -0.15) is 13.2 Å². The topological polar surface area (TPSA) is 122 Å². The Morgan fingerprint density at radius 1 is 0.941 bits per heavy atom. The molecule has 1 heterocycles. The van der Waals surface area contributed by atoms with Crippen LogP contribution < -0.4 is 10.1 Å². The molecular formula is C39H45F3N4O5. The Hall–Kier alpha value is -4.74. The van der Waals surface area contributed by atoms with E-state index < -0.39 is 49.0 Å². The van der Waals surface area contributed by atoms with E-state index in [0.717, 1.165) is 65.9 Å². The molecule has 5 rings (SSSR count). The van der Waals surface area contributed by atoms with Crippen LogP contribution in [0.25, 0.3) is 17.0 Å². The molecule has 0 aliphatic heterocycles. The molecule has 1 fully saturated rings. The average molecular weight is 707 g/mol. The largest absolute Gasteiger partial charge is 0.496 e. The van der Waals surface area contributed by atoms with Gasteiger partial charge in [-0.3, -0.25) is 14.4 Å². The lowest BCUT2D eigenvalue weighted by Gasteiger charge is -2.35. The number of methoxy groups -OCH3 is 1. The third-order valence-electron chi connectivity index (χ3n) is 10.2. The number of aliphatic carboxylic acids is 1. The standard InChI is InChI=1S/C39H45F3N4O5/c1-3-25-4-9-28(10-5-25)29-13-15-30(16-14-29)32-20-44-38(45-21-32)31-11-6-26(7-12-31)23-46(24-37(49)50)36(48)22-43-35(47)19-27-8-17-34(51-2)33(18-27)39(40,41)42/h6-8,11-12,15,17-18,20-21,25,28-29H,3-5,9-10,13-14,16,19,22-24H2,1-2H3,(H,43,47)(H,49,50)/t25-,28-,29?. The van der Waals surface area contributed by atoms with Crippen molar-refractivity contribution >= 4 is 23.4 Å². The van der Waals surface area contributed by atoms with Crippen molar-refractivity contribution < 1.29 is 37.4 Å². The minimum absolute atomic E-state index is 0.0380. The van der Waals surface area contributed by atoms with Crippen molar-refractivity contribution in [2.24, 2.45) is 17.8 Å². The second kappa shape index (κ2) is 17.0. The van der Waals surface area contributed by atoms with Gasteiger partial charge in [0.2, 0.25) is 11.8 Å². The molecule has 3 aromatic rings. The van der Waals surface area contributed by atoms with Gasteiger partial charge in [0, 0.05) is 30.1 Å². The number of carboxylic acid groups (broad SMARTS) is 1. The van der Waals surface area contributed by atoms with Crippen LogP contribution in [0.4, 0.5) is 13.2 Å². The number of hydrogen-bond donors (Lipinski definition) is 2. The molecule has 0 spiro atoms. The molecule has 0 radical (unpaired) electrons. The summed E-state index contributed by atoms with van der Waals surface area (Å²) in [5.41, 5.74) is 2.81. The zero-order chi connectivity index (χ0) is 36.5. The van der Waals surface area contributed by atoms with Gasteiger partial charge in [0.15, 0.2) is 5.82 Å². The minimum atomic E-state index is -4.68.